The fourth-order valence-electron chi connectivity index (χ4n) is 2.81. The van der Waals surface area contributed by atoms with Crippen LogP contribution in [0.4, 0.5) is 0 Å². The molecule has 0 unspecified atom stereocenters. The highest BCUT2D eigenvalue weighted by Gasteiger charge is 2.13. The van der Waals surface area contributed by atoms with E-state index < -0.39 is 12.6 Å². The number of carboxylic acids is 1. The molecule has 2 amide bonds. The summed E-state index contributed by atoms with van der Waals surface area (Å²) in [5.41, 5.74) is 3.18. The lowest BCUT2D eigenvalue weighted by molar-refractivity contribution is -0.139. The van der Waals surface area contributed by atoms with E-state index in [2.05, 4.69) is 10.6 Å². The van der Waals surface area contributed by atoms with Gasteiger partial charge in [0.2, 0.25) is 0 Å². The summed E-state index contributed by atoms with van der Waals surface area (Å²) in [5.74, 6) is -1.01. The molecular formula is C21H24N2O5. The average Bonchev–Trinajstić information content (AvgIpc) is 2.65. The van der Waals surface area contributed by atoms with Gasteiger partial charge in [-0.15, -0.1) is 0 Å². The number of hydrogen-bond acceptors (Lipinski definition) is 4. The third-order valence-corrected chi connectivity index (χ3v) is 4.04. The second kappa shape index (κ2) is 9.55. The zero-order valence-electron chi connectivity index (χ0n) is 16.2. The van der Waals surface area contributed by atoms with Gasteiger partial charge in [0.05, 0.1) is 0 Å². The number of benzene rings is 2. The van der Waals surface area contributed by atoms with Gasteiger partial charge in [-0.3, -0.25) is 9.59 Å². The standard InChI is InChI=1S/C21H24N2O5/c1-4-22-20(26)16-7-5-6-15(10-16)11-23-21(27)17-8-13(2)19(14(3)9-17)28-12-18(24)25/h5-10H,4,11-12H2,1-3H3,(H,22,26)(H,23,27)(H,24,25). The smallest absolute Gasteiger partial charge is 0.341 e. The third kappa shape index (κ3) is 5.57. The molecule has 2 rings (SSSR count). The van der Waals surface area contributed by atoms with Crippen molar-refractivity contribution in [2.75, 3.05) is 13.2 Å². The molecule has 0 saturated carbocycles. The lowest BCUT2D eigenvalue weighted by atomic mass is 10.0. The van der Waals surface area contributed by atoms with Gasteiger partial charge in [-0.25, -0.2) is 4.79 Å². The zero-order valence-corrected chi connectivity index (χ0v) is 16.2. The van der Waals surface area contributed by atoms with Crippen molar-refractivity contribution >= 4 is 17.8 Å². The summed E-state index contributed by atoms with van der Waals surface area (Å²) in [6.07, 6.45) is 0. The maximum Gasteiger partial charge on any atom is 0.341 e. The lowest BCUT2D eigenvalue weighted by Gasteiger charge is -2.13. The van der Waals surface area contributed by atoms with Crippen LogP contribution in [0.2, 0.25) is 0 Å². The molecular weight excluding hydrogens is 360 g/mol. The average molecular weight is 384 g/mol. The normalized spacial score (nSPS) is 10.2. The Morgan fingerprint density at radius 2 is 1.61 bits per heavy atom. The Morgan fingerprint density at radius 1 is 0.964 bits per heavy atom. The van der Waals surface area contributed by atoms with Gasteiger partial charge < -0.3 is 20.5 Å². The summed E-state index contributed by atoms with van der Waals surface area (Å²) < 4.78 is 5.28. The number of carboxylic acid groups (broad SMARTS) is 1. The Balaban J connectivity index is 2.06. The number of aliphatic carboxylic acids is 1. The molecule has 7 heteroatoms. The van der Waals surface area contributed by atoms with Crippen molar-refractivity contribution in [3.8, 4) is 5.75 Å². The predicted molar refractivity (Wildman–Crippen MR) is 105 cm³/mol. The molecule has 0 radical (unpaired) electrons. The van der Waals surface area contributed by atoms with Crippen LogP contribution in [0, 0.1) is 13.8 Å². The third-order valence-electron chi connectivity index (χ3n) is 4.04. The number of aryl methyl sites for hydroxylation is 2. The van der Waals surface area contributed by atoms with E-state index >= 15 is 0 Å². The number of carbonyl (C=O) groups excluding carboxylic acids is 2. The Hall–Kier alpha value is -3.35. The summed E-state index contributed by atoms with van der Waals surface area (Å²) in [6, 6.07) is 10.4. The molecule has 0 atom stereocenters. The fourth-order valence-corrected chi connectivity index (χ4v) is 2.81. The van der Waals surface area contributed by atoms with Crippen molar-refractivity contribution in [1.29, 1.82) is 0 Å². The first kappa shape index (κ1) is 21.0. The molecule has 0 aliphatic carbocycles. The highest BCUT2D eigenvalue weighted by Crippen LogP contribution is 2.25. The number of hydrogen-bond donors (Lipinski definition) is 3. The van der Waals surface area contributed by atoms with E-state index in [0.29, 0.717) is 34.5 Å². The summed E-state index contributed by atoms with van der Waals surface area (Å²) in [4.78, 5) is 35.1. The van der Waals surface area contributed by atoms with Crippen LogP contribution in [0.25, 0.3) is 0 Å². The summed E-state index contributed by atoms with van der Waals surface area (Å²) >= 11 is 0. The van der Waals surface area contributed by atoms with Gasteiger partial charge in [0.1, 0.15) is 5.75 Å². The van der Waals surface area contributed by atoms with E-state index in [9.17, 15) is 14.4 Å². The number of rotatable bonds is 8. The molecule has 7 nitrogen and oxygen atoms in total. The van der Waals surface area contributed by atoms with E-state index in [4.69, 9.17) is 9.84 Å². The van der Waals surface area contributed by atoms with Crippen LogP contribution < -0.4 is 15.4 Å². The minimum absolute atomic E-state index is 0.154. The fraction of sp³-hybridized carbons (Fsp3) is 0.286. The van der Waals surface area contributed by atoms with Crippen LogP contribution >= 0.6 is 0 Å². The summed E-state index contributed by atoms with van der Waals surface area (Å²) in [6.45, 7) is 5.76. The minimum atomic E-state index is -1.06. The number of carbonyl (C=O) groups is 3. The summed E-state index contributed by atoms with van der Waals surface area (Å²) in [5, 5.41) is 14.3. The first-order chi connectivity index (χ1) is 13.3. The van der Waals surface area contributed by atoms with Crippen molar-refractivity contribution in [3.05, 3.63) is 64.2 Å². The van der Waals surface area contributed by atoms with E-state index in [1.54, 1.807) is 44.2 Å². The Labute approximate surface area is 163 Å². The predicted octanol–water partition coefficient (Wildman–Crippen LogP) is 2.45. The van der Waals surface area contributed by atoms with E-state index in [1.807, 2.05) is 13.0 Å². The van der Waals surface area contributed by atoms with Crippen molar-refractivity contribution in [3.63, 3.8) is 0 Å². The van der Waals surface area contributed by atoms with Crippen molar-refractivity contribution in [2.45, 2.75) is 27.3 Å². The molecule has 0 aliphatic rings. The molecule has 2 aromatic carbocycles. The lowest BCUT2D eigenvalue weighted by Crippen LogP contribution is -2.24. The van der Waals surface area contributed by atoms with Gasteiger partial charge >= 0.3 is 5.97 Å². The SMILES string of the molecule is CCNC(=O)c1cccc(CNC(=O)c2cc(C)c(OCC(=O)O)c(C)c2)c1. The van der Waals surface area contributed by atoms with Gasteiger partial charge in [-0.1, -0.05) is 12.1 Å². The monoisotopic (exact) mass is 384 g/mol. The minimum Gasteiger partial charge on any atom is -0.481 e. The first-order valence-electron chi connectivity index (χ1n) is 8.93. The summed E-state index contributed by atoms with van der Waals surface area (Å²) in [7, 11) is 0. The highest BCUT2D eigenvalue weighted by molar-refractivity contribution is 5.95. The second-order valence-electron chi connectivity index (χ2n) is 6.36. The van der Waals surface area contributed by atoms with Crippen LogP contribution in [0.3, 0.4) is 0 Å². The van der Waals surface area contributed by atoms with Gasteiger partial charge in [0, 0.05) is 24.2 Å². The number of amides is 2. The largest absolute Gasteiger partial charge is 0.481 e. The van der Waals surface area contributed by atoms with Gasteiger partial charge in [0.25, 0.3) is 11.8 Å². The van der Waals surface area contributed by atoms with Crippen LogP contribution in [-0.2, 0) is 11.3 Å². The van der Waals surface area contributed by atoms with Crippen LogP contribution in [-0.4, -0.2) is 36.0 Å². The van der Waals surface area contributed by atoms with Gasteiger partial charge in [0.15, 0.2) is 6.61 Å². The van der Waals surface area contributed by atoms with Crippen LogP contribution in [0.5, 0.6) is 5.75 Å². The van der Waals surface area contributed by atoms with Crippen molar-refractivity contribution in [1.82, 2.24) is 10.6 Å². The molecule has 0 heterocycles. The van der Waals surface area contributed by atoms with Crippen molar-refractivity contribution < 1.29 is 24.2 Å². The number of ether oxygens (including phenoxy) is 1. The topological polar surface area (TPSA) is 105 Å². The molecule has 148 valence electrons. The molecule has 0 bridgehead atoms. The Bertz CT molecular complexity index is 869. The van der Waals surface area contributed by atoms with E-state index in [0.717, 1.165) is 5.56 Å². The van der Waals surface area contributed by atoms with Gasteiger partial charge in [-0.05, 0) is 61.7 Å². The molecule has 28 heavy (non-hydrogen) atoms. The van der Waals surface area contributed by atoms with Crippen LogP contribution in [0.15, 0.2) is 36.4 Å². The number of nitrogens with one attached hydrogen (secondary N) is 2. The zero-order chi connectivity index (χ0) is 20.7. The van der Waals surface area contributed by atoms with E-state index in [1.165, 1.54) is 0 Å². The molecule has 0 fully saturated rings. The Kier molecular flexibility index (Phi) is 7.14. The first-order valence-corrected chi connectivity index (χ1v) is 8.93. The van der Waals surface area contributed by atoms with Gasteiger partial charge in [-0.2, -0.15) is 0 Å². The Morgan fingerprint density at radius 3 is 2.21 bits per heavy atom. The molecule has 0 spiro atoms. The molecule has 0 aromatic heterocycles. The molecule has 3 N–H and O–H groups in total. The molecule has 0 aliphatic heterocycles. The maximum absolute atomic E-state index is 12.5. The second-order valence-corrected chi connectivity index (χ2v) is 6.36. The quantitative estimate of drug-likeness (QED) is 0.648. The van der Waals surface area contributed by atoms with Crippen LogP contribution in [0.1, 0.15) is 44.3 Å². The van der Waals surface area contributed by atoms with E-state index in [-0.39, 0.29) is 18.4 Å². The maximum atomic E-state index is 12.5. The van der Waals surface area contributed by atoms with Crippen molar-refractivity contribution in [2.24, 2.45) is 0 Å². The molecule has 2 aromatic rings. The molecule has 0 saturated heterocycles. The highest BCUT2D eigenvalue weighted by atomic mass is 16.5.